The van der Waals surface area contributed by atoms with Crippen LogP contribution in [0.2, 0.25) is 4.34 Å². The first-order valence-electron chi connectivity index (χ1n) is 9.37. The number of rotatable bonds is 7. The number of halogens is 1. The molecule has 14 nitrogen and oxygen atoms in total. The Morgan fingerprint density at radius 2 is 2.11 bits per heavy atom. The van der Waals surface area contributed by atoms with Crippen LogP contribution in [0.15, 0.2) is 38.1 Å². The van der Waals surface area contributed by atoms with Crippen LogP contribution >= 0.6 is 34.7 Å². The van der Waals surface area contributed by atoms with Crippen LogP contribution in [0.1, 0.15) is 21.9 Å². The molecule has 2 amide bonds. The van der Waals surface area contributed by atoms with Crippen LogP contribution in [0.4, 0.5) is 5.13 Å². The minimum atomic E-state index is -1.37. The van der Waals surface area contributed by atoms with Crippen molar-refractivity contribution in [3.8, 4) is 0 Å². The number of anilines is 1. The van der Waals surface area contributed by atoms with Gasteiger partial charge < -0.3 is 31.4 Å². The monoisotopic (exact) mass is 561 g/mol. The molecular weight excluding hydrogens is 549 g/mol. The summed E-state index contributed by atoms with van der Waals surface area (Å²) in [5, 5.41) is 37.2. The number of β-lactam (4-membered cyclic amide) rings is 1. The molecule has 2 aromatic heterocycles. The molecule has 0 aliphatic carbocycles. The Bertz CT molecular complexity index is 1370. The van der Waals surface area contributed by atoms with Crippen LogP contribution in [-0.4, -0.2) is 71.9 Å². The molecular formula is C18H13ClN7NaO7S2. The van der Waals surface area contributed by atoms with Gasteiger partial charge in [0.05, 0.1) is 0 Å². The smallest absolute Gasteiger partial charge is 0.857 e. The summed E-state index contributed by atoms with van der Waals surface area (Å²) >= 11 is 7.97. The van der Waals surface area contributed by atoms with Crippen molar-refractivity contribution in [3.05, 3.63) is 44.9 Å². The van der Waals surface area contributed by atoms with Crippen LogP contribution in [0.25, 0.3) is 6.08 Å². The normalized spacial score (nSPS) is 20.2. The van der Waals surface area contributed by atoms with Crippen molar-refractivity contribution in [2.45, 2.75) is 11.4 Å². The van der Waals surface area contributed by atoms with E-state index in [0.717, 1.165) is 16.2 Å². The van der Waals surface area contributed by atoms with Gasteiger partial charge >= 0.3 is 35.5 Å². The summed E-state index contributed by atoms with van der Waals surface area (Å²) in [5.41, 5.74) is 9.74. The van der Waals surface area contributed by atoms with Crippen LogP contribution in [0.5, 0.6) is 0 Å². The molecule has 2 aliphatic heterocycles. The summed E-state index contributed by atoms with van der Waals surface area (Å²) in [6.45, 7) is 0. The molecule has 2 atom stereocenters. The molecule has 0 spiro atoms. The number of nitrogens with zero attached hydrogens (tertiary/aromatic N) is 5. The average molecular weight is 562 g/mol. The molecule has 18 heteroatoms. The fourth-order valence-electron chi connectivity index (χ4n) is 3.25. The van der Waals surface area contributed by atoms with Crippen molar-refractivity contribution >= 4 is 75.3 Å². The predicted octanol–water partition coefficient (Wildman–Crippen LogP) is -3.26. The molecule has 6 N–H and O–H groups in total. The van der Waals surface area contributed by atoms with Gasteiger partial charge in [-0.25, -0.2) is 9.78 Å². The van der Waals surface area contributed by atoms with Crippen molar-refractivity contribution < 1.29 is 63.9 Å². The van der Waals surface area contributed by atoms with Crippen molar-refractivity contribution in [3.63, 3.8) is 0 Å². The molecule has 182 valence electrons. The summed E-state index contributed by atoms with van der Waals surface area (Å²) < 4.78 is 4.93. The van der Waals surface area contributed by atoms with Crippen molar-refractivity contribution in [2.75, 3.05) is 11.5 Å². The standard InChI is InChI=1S/C18H14ClN7O7S2.Na/c19-12-8(23-18(21)35-12)9(24-32)14(28)22-10-15(29)26-11(17(30)31)5(4-34-16(10)26)1-2-6-3-7(13(20)27)25-33-6;/h1-3,10,16,32H,4H2,(H2,20,27)(H2,21,23)(H,22,28)(H,30,31);/q;+1/p-1/b2-1+,24-9-;/t10-,16-;/m1./s1. The van der Waals surface area contributed by atoms with E-state index in [0.29, 0.717) is 0 Å². The number of aliphatic imine (C=N–C) groups is 1. The number of thiazole rings is 1. The van der Waals surface area contributed by atoms with Crippen LogP contribution < -0.4 is 46.1 Å². The Morgan fingerprint density at radius 1 is 1.39 bits per heavy atom. The van der Waals surface area contributed by atoms with E-state index in [-0.39, 0.29) is 73.2 Å². The number of hydrogen-bond acceptors (Lipinski definition) is 13. The van der Waals surface area contributed by atoms with E-state index in [2.05, 4.69) is 20.3 Å². The number of nitrogens with two attached hydrogens (primary N) is 2. The largest absolute Gasteiger partial charge is 1.00 e. The fourth-order valence-corrected chi connectivity index (χ4v) is 5.48. The van der Waals surface area contributed by atoms with E-state index >= 15 is 0 Å². The minimum absolute atomic E-state index is 0. The van der Waals surface area contributed by atoms with Crippen molar-refractivity contribution in [1.82, 2.24) is 15.0 Å². The zero-order valence-electron chi connectivity index (χ0n) is 18.1. The van der Waals surface area contributed by atoms with Crippen LogP contribution in [0.3, 0.4) is 0 Å². The average Bonchev–Trinajstić information content (AvgIpc) is 3.42. The summed E-state index contributed by atoms with van der Waals surface area (Å²) in [6.07, 6.45) is 2.79. The van der Waals surface area contributed by atoms with Gasteiger partial charge in [0.25, 0.3) is 11.8 Å². The topological polar surface area (TPSA) is 234 Å². The number of thioether (sulfide) groups is 1. The summed E-state index contributed by atoms with van der Waals surface area (Å²) in [5.74, 6) is -3.67. The van der Waals surface area contributed by atoms with Gasteiger partial charge in [0.15, 0.2) is 22.6 Å². The van der Waals surface area contributed by atoms with Gasteiger partial charge in [-0.15, -0.1) is 11.8 Å². The maximum absolute atomic E-state index is 12.8. The quantitative estimate of drug-likeness (QED) is 0.0653. The van der Waals surface area contributed by atoms with Crippen LogP contribution in [0, 0.1) is 0 Å². The molecule has 1 fully saturated rings. The molecule has 36 heavy (non-hydrogen) atoms. The Balaban J connectivity index is 0.00000361. The number of carbonyl (C=O) groups is 3. The van der Waals surface area contributed by atoms with Gasteiger partial charge in [-0.1, -0.05) is 39.3 Å². The fraction of sp³-hybridized carbons (Fsp3) is 0.167. The number of nitrogen functional groups attached to an aromatic ring is 1. The van der Waals surface area contributed by atoms with Crippen molar-refractivity contribution in [2.24, 2.45) is 15.9 Å². The third kappa shape index (κ3) is 5.14. The molecule has 4 heterocycles. The molecule has 0 radical (unpaired) electrons. The first-order valence-corrected chi connectivity index (χ1v) is 11.6. The van der Waals surface area contributed by atoms with E-state index in [4.69, 9.17) is 27.6 Å². The van der Waals surface area contributed by atoms with E-state index < -0.39 is 40.8 Å². The number of aromatic nitrogens is 2. The Kier molecular flexibility index (Phi) is 8.48. The molecule has 2 aromatic rings. The number of carboxylic acids is 1. The Hall–Kier alpha value is -2.89. The second-order valence-corrected chi connectivity index (χ2v) is 9.64. The maximum atomic E-state index is 12.8. The molecule has 4 rings (SSSR count). The second kappa shape index (κ2) is 11.0. The van der Waals surface area contributed by atoms with E-state index in [1.54, 1.807) is 0 Å². The number of carboxylic acid groups (broad SMARTS) is 1. The molecule has 1 saturated heterocycles. The molecule has 0 bridgehead atoms. The van der Waals surface area contributed by atoms with Gasteiger partial charge in [0, 0.05) is 17.7 Å². The molecule has 0 saturated carbocycles. The zero-order chi connectivity index (χ0) is 25.4. The predicted molar refractivity (Wildman–Crippen MR) is 123 cm³/mol. The number of primary amides is 1. The first kappa shape index (κ1) is 27.7. The number of carbonyl (C=O) groups excluding carboxylic acids is 2. The number of hydrogen-bond donors (Lipinski definition) is 4. The van der Waals surface area contributed by atoms with Gasteiger partial charge in [-0.05, 0) is 11.6 Å². The van der Waals surface area contributed by atoms with E-state index in [1.807, 2.05) is 0 Å². The summed E-state index contributed by atoms with van der Waals surface area (Å²) in [7, 11) is 0. The third-order valence-corrected chi connectivity index (χ3v) is 7.16. The maximum Gasteiger partial charge on any atom is 1.00 e. The SMILES string of the molecule is NC(=O)c1cc(/C=C/C2=C(C(=O)O)N3C(=O)[C@@H](N=C([O-])/C(=N\O)c4nc(N)sc4Cl)[C@H]3SC2)on1.[Na+]. The Morgan fingerprint density at radius 3 is 2.67 bits per heavy atom. The summed E-state index contributed by atoms with van der Waals surface area (Å²) in [4.78, 5) is 44.5. The molecule has 0 aromatic carbocycles. The summed E-state index contributed by atoms with van der Waals surface area (Å²) in [6, 6.07) is 0.0578. The molecule has 2 aliphatic rings. The van der Waals surface area contributed by atoms with Gasteiger partial charge in [0.1, 0.15) is 26.8 Å². The van der Waals surface area contributed by atoms with Gasteiger partial charge in [0.2, 0.25) is 0 Å². The first-order chi connectivity index (χ1) is 16.6. The van der Waals surface area contributed by atoms with E-state index in [1.165, 1.54) is 30.0 Å². The zero-order valence-corrected chi connectivity index (χ0v) is 22.5. The Labute approximate surface area is 236 Å². The van der Waals surface area contributed by atoms with Crippen molar-refractivity contribution in [1.29, 1.82) is 0 Å². The number of allylic oxidation sites excluding steroid dienone is 1. The second-order valence-electron chi connectivity index (χ2n) is 6.90. The number of fused-ring (bicyclic) bond motifs is 1. The van der Waals surface area contributed by atoms with Gasteiger partial charge in [-0.3, -0.25) is 19.5 Å². The third-order valence-electron chi connectivity index (χ3n) is 4.79. The van der Waals surface area contributed by atoms with Crippen LogP contribution in [-0.2, 0) is 9.59 Å². The number of aliphatic carboxylic acids is 1. The number of amides is 2. The van der Waals surface area contributed by atoms with E-state index in [9.17, 15) is 29.8 Å². The number of oxime groups is 1. The minimum Gasteiger partial charge on any atom is -0.857 e. The molecule has 0 unspecified atom stereocenters. The van der Waals surface area contributed by atoms with Gasteiger partial charge in [-0.2, -0.15) is 0 Å².